The van der Waals surface area contributed by atoms with Gasteiger partial charge in [-0.1, -0.05) is 36.4 Å². The summed E-state index contributed by atoms with van der Waals surface area (Å²) in [5, 5.41) is 8.68. The normalized spacial score (nSPS) is 9.60. The third-order valence-electron chi connectivity index (χ3n) is 2.30. The molecule has 0 aliphatic carbocycles. The SMILES string of the molecule is [CH2]c1ccc(-c2ccc(C#N)cc2)cc1. The van der Waals surface area contributed by atoms with E-state index >= 15 is 0 Å². The predicted molar refractivity (Wildman–Crippen MR) is 61.1 cm³/mol. The largest absolute Gasteiger partial charge is 0.192 e. The molecule has 0 unspecified atom stereocenters. The van der Waals surface area contributed by atoms with Gasteiger partial charge in [-0.15, -0.1) is 0 Å². The smallest absolute Gasteiger partial charge is 0.0991 e. The molecule has 1 nitrogen and oxygen atoms in total. The molecule has 1 radical (unpaired) electrons. The number of rotatable bonds is 1. The Hall–Kier alpha value is -2.07. The summed E-state index contributed by atoms with van der Waals surface area (Å²) in [6, 6.07) is 17.7. The van der Waals surface area contributed by atoms with E-state index in [1.807, 2.05) is 48.5 Å². The summed E-state index contributed by atoms with van der Waals surface area (Å²) in [7, 11) is 0. The van der Waals surface area contributed by atoms with Crippen molar-refractivity contribution < 1.29 is 0 Å². The molecule has 0 saturated heterocycles. The van der Waals surface area contributed by atoms with Crippen LogP contribution in [0.25, 0.3) is 11.1 Å². The molecular weight excluding hydrogens is 182 g/mol. The lowest BCUT2D eigenvalue weighted by atomic mass is 10.0. The first-order valence-corrected chi connectivity index (χ1v) is 4.72. The minimum Gasteiger partial charge on any atom is -0.192 e. The third-order valence-corrected chi connectivity index (χ3v) is 2.30. The molecule has 71 valence electrons. The number of hydrogen-bond donors (Lipinski definition) is 0. The van der Waals surface area contributed by atoms with Gasteiger partial charge in [0.25, 0.3) is 0 Å². The van der Waals surface area contributed by atoms with Gasteiger partial charge in [0, 0.05) is 0 Å². The van der Waals surface area contributed by atoms with Crippen molar-refractivity contribution in [3.63, 3.8) is 0 Å². The van der Waals surface area contributed by atoms with Gasteiger partial charge in [-0.2, -0.15) is 5.26 Å². The second-order valence-corrected chi connectivity index (χ2v) is 3.39. The average Bonchev–Trinajstić information content (AvgIpc) is 2.30. The van der Waals surface area contributed by atoms with Crippen LogP contribution in [0.5, 0.6) is 0 Å². The van der Waals surface area contributed by atoms with Crippen LogP contribution in [0.4, 0.5) is 0 Å². The maximum Gasteiger partial charge on any atom is 0.0991 e. The van der Waals surface area contributed by atoms with Crippen LogP contribution in [0, 0.1) is 18.3 Å². The quantitative estimate of drug-likeness (QED) is 0.679. The molecular formula is C14H10N. The number of hydrogen-bond acceptors (Lipinski definition) is 1. The fourth-order valence-electron chi connectivity index (χ4n) is 1.43. The summed E-state index contributed by atoms with van der Waals surface area (Å²) in [4.78, 5) is 0. The first kappa shape index (κ1) is 9.48. The van der Waals surface area contributed by atoms with E-state index in [-0.39, 0.29) is 0 Å². The van der Waals surface area contributed by atoms with E-state index in [9.17, 15) is 0 Å². The second-order valence-electron chi connectivity index (χ2n) is 3.39. The van der Waals surface area contributed by atoms with Crippen molar-refractivity contribution in [1.82, 2.24) is 0 Å². The summed E-state index contributed by atoms with van der Waals surface area (Å²) in [6.45, 7) is 3.84. The van der Waals surface area contributed by atoms with E-state index in [1.165, 1.54) is 0 Å². The lowest BCUT2D eigenvalue weighted by Gasteiger charge is -2.01. The van der Waals surface area contributed by atoms with Crippen LogP contribution in [0.3, 0.4) is 0 Å². The van der Waals surface area contributed by atoms with Crippen LogP contribution < -0.4 is 0 Å². The first-order valence-electron chi connectivity index (χ1n) is 4.72. The predicted octanol–water partition coefficient (Wildman–Crippen LogP) is 3.41. The molecule has 0 aromatic heterocycles. The maximum atomic E-state index is 8.68. The van der Waals surface area contributed by atoms with Crippen LogP contribution in [0.1, 0.15) is 11.1 Å². The Bertz CT molecular complexity index is 486. The van der Waals surface area contributed by atoms with Crippen LogP contribution in [-0.4, -0.2) is 0 Å². The lowest BCUT2D eigenvalue weighted by Crippen LogP contribution is -1.79. The molecule has 2 aromatic carbocycles. The number of nitriles is 1. The monoisotopic (exact) mass is 192 g/mol. The summed E-state index contributed by atoms with van der Waals surface area (Å²) >= 11 is 0. The average molecular weight is 192 g/mol. The molecule has 1 heteroatoms. The van der Waals surface area contributed by atoms with Gasteiger partial charge in [-0.3, -0.25) is 0 Å². The highest BCUT2D eigenvalue weighted by Crippen LogP contribution is 2.19. The standard InChI is InChI=1S/C14H10N/c1-11-2-6-13(7-3-11)14-8-4-12(10-15)5-9-14/h2-9H,1H2. The topological polar surface area (TPSA) is 23.8 Å². The minimum absolute atomic E-state index is 0.688. The van der Waals surface area contributed by atoms with Crippen molar-refractivity contribution in [3.8, 4) is 17.2 Å². The van der Waals surface area contributed by atoms with Gasteiger partial charge in [0.15, 0.2) is 0 Å². The molecule has 15 heavy (non-hydrogen) atoms. The van der Waals surface area contributed by atoms with Gasteiger partial charge >= 0.3 is 0 Å². The molecule has 0 saturated carbocycles. The van der Waals surface area contributed by atoms with Crippen molar-refractivity contribution in [2.24, 2.45) is 0 Å². The van der Waals surface area contributed by atoms with E-state index < -0.39 is 0 Å². The third kappa shape index (κ3) is 2.05. The Kier molecular flexibility index (Phi) is 2.51. The molecule has 0 amide bonds. The Balaban J connectivity index is 2.38. The van der Waals surface area contributed by atoms with E-state index in [1.54, 1.807) is 0 Å². The van der Waals surface area contributed by atoms with Crippen LogP contribution in [0.15, 0.2) is 48.5 Å². The fourth-order valence-corrected chi connectivity index (χ4v) is 1.43. The van der Waals surface area contributed by atoms with Gasteiger partial charge in [0.05, 0.1) is 11.6 Å². The number of nitrogens with zero attached hydrogens (tertiary/aromatic N) is 1. The lowest BCUT2D eigenvalue weighted by molar-refractivity contribution is 1.48. The van der Waals surface area contributed by atoms with Gasteiger partial charge in [0.1, 0.15) is 0 Å². The highest BCUT2D eigenvalue weighted by molar-refractivity contribution is 5.64. The van der Waals surface area contributed by atoms with Crippen molar-refractivity contribution in [2.75, 3.05) is 0 Å². The molecule has 0 atom stereocenters. The van der Waals surface area contributed by atoms with Gasteiger partial charge < -0.3 is 0 Å². The summed E-state index contributed by atoms with van der Waals surface area (Å²) in [5.41, 5.74) is 3.96. The molecule has 0 bridgehead atoms. The van der Waals surface area contributed by atoms with Crippen LogP contribution >= 0.6 is 0 Å². The van der Waals surface area contributed by atoms with E-state index in [2.05, 4.69) is 13.0 Å². The van der Waals surface area contributed by atoms with Gasteiger partial charge in [-0.05, 0) is 35.7 Å². The minimum atomic E-state index is 0.688. The molecule has 2 rings (SSSR count). The zero-order valence-electron chi connectivity index (χ0n) is 8.27. The molecule has 0 aliphatic heterocycles. The molecule has 0 fully saturated rings. The molecule has 0 spiro atoms. The van der Waals surface area contributed by atoms with Gasteiger partial charge in [0.2, 0.25) is 0 Å². The van der Waals surface area contributed by atoms with Crippen LogP contribution in [-0.2, 0) is 0 Å². The zero-order valence-corrected chi connectivity index (χ0v) is 8.27. The molecule has 0 heterocycles. The van der Waals surface area contributed by atoms with Crippen molar-refractivity contribution in [2.45, 2.75) is 0 Å². The summed E-state index contributed by atoms with van der Waals surface area (Å²) in [6.07, 6.45) is 0. The van der Waals surface area contributed by atoms with E-state index in [0.717, 1.165) is 16.7 Å². The zero-order chi connectivity index (χ0) is 10.7. The Morgan fingerprint density at radius 1 is 0.800 bits per heavy atom. The molecule has 0 N–H and O–H groups in total. The molecule has 2 aromatic rings. The summed E-state index contributed by atoms with van der Waals surface area (Å²) < 4.78 is 0. The highest BCUT2D eigenvalue weighted by atomic mass is 14.2. The Labute approximate surface area is 89.6 Å². The Morgan fingerprint density at radius 2 is 1.27 bits per heavy atom. The van der Waals surface area contributed by atoms with Gasteiger partial charge in [-0.25, -0.2) is 0 Å². The van der Waals surface area contributed by atoms with E-state index in [0.29, 0.717) is 5.56 Å². The molecule has 0 aliphatic rings. The second kappa shape index (κ2) is 3.98. The fraction of sp³-hybridized carbons (Fsp3) is 0. The van der Waals surface area contributed by atoms with Crippen LogP contribution in [0.2, 0.25) is 0 Å². The van der Waals surface area contributed by atoms with Crippen molar-refractivity contribution in [1.29, 1.82) is 5.26 Å². The maximum absolute atomic E-state index is 8.68. The number of benzene rings is 2. The van der Waals surface area contributed by atoms with E-state index in [4.69, 9.17) is 5.26 Å². The van der Waals surface area contributed by atoms with Crippen molar-refractivity contribution in [3.05, 3.63) is 66.6 Å². The highest BCUT2D eigenvalue weighted by Gasteiger charge is 1.96. The summed E-state index contributed by atoms with van der Waals surface area (Å²) in [5.74, 6) is 0. The first-order chi connectivity index (χ1) is 7.29. The van der Waals surface area contributed by atoms with Crippen molar-refractivity contribution >= 4 is 0 Å². The Morgan fingerprint density at radius 3 is 1.73 bits per heavy atom.